The number of phenols is 2. The van der Waals surface area contributed by atoms with Crippen molar-refractivity contribution in [1.29, 1.82) is 0 Å². The summed E-state index contributed by atoms with van der Waals surface area (Å²) in [6.45, 7) is 7.13. The quantitative estimate of drug-likeness (QED) is 0.0387. The lowest BCUT2D eigenvalue weighted by Crippen LogP contribution is -2.34. The van der Waals surface area contributed by atoms with Crippen molar-refractivity contribution in [3.05, 3.63) is 285 Å². The summed E-state index contributed by atoms with van der Waals surface area (Å²) in [5, 5.41) is 63.7. The molecule has 480 valence electrons. The summed E-state index contributed by atoms with van der Waals surface area (Å²) in [4.78, 5) is 19.0. The number of anilines is 2. The molecule has 0 radical (unpaired) electrons. The van der Waals surface area contributed by atoms with Gasteiger partial charge in [-0.25, -0.2) is 15.0 Å². The number of nitrogens with zero attached hydrogens (tertiary/aromatic N) is 14. The number of para-hydroxylation sites is 8. The molecule has 0 bridgehead atoms. The summed E-state index contributed by atoms with van der Waals surface area (Å²) in [5.41, 5.74) is 20.9. The normalized spacial score (nSPS) is 11.5. The van der Waals surface area contributed by atoms with E-state index in [4.69, 9.17) is 15.0 Å². The van der Waals surface area contributed by atoms with Crippen LogP contribution in [-0.2, 0) is 0 Å². The molecule has 0 aliphatic heterocycles. The number of phenolic OH excluding ortho intramolecular Hbond substituents is 2. The maximum atomic E-state index is 9.49. The predicted molar refractivity (Wildman–Crippen MR) is 387 cm³/mol. The first-order valence-electron chi connectivity index (χ1n) is 32.3. The molecule has 0 amide bonds. The second-order valence-electron chi connectivity index (χ2n) is 22.7. The molecule has 3 heterocycles. The van der Waals surface area contributed by atoms with E-state index >= 15 is 0 Å². The van der Waals surface area contributed by atoms with Crippen molar-refractivity contribution in [1.82, 2.24) is 15.0 Å². The molecular formula is C80H69N14O4+3. The lowest BCUT2D eigenvalue weighted by Gasteiger charge is -2.22. The minimum absolute atomic E-state index is 0.0244. The predicted octanol–water partition coefficient (Wildman–Crippen LogP) is 17.3. The molecule has 0 fully saturated rings. The topological polar surface area (TPSA) is 212 Å². The first kappa shape index (κ1) is 64.1. The first-order chi connectivity index (χ1) is 48.2. The van der Waals surface area contributed by atoms with Crippen molar-refractivity contribution < 1.29 is 34.1 Å². The number of aromatic nitrogens is 6. The summed E-state index contributed by atoms with van der Waals surface area (Å²) in [5.74, 6) is 0.409. The van der Waals surface area contributed by atoms with Gasteiger partial charge in [-0.15, -0.1) is 13.7 Å². The number of aliphatic hydroxyl groups excluding tert-OH is 2. The fourth-order valence-electron chi connectivity index (χ4n) is 11.7. The fourth-order valence-corrected chi connectivity index (χ4v) is 11.7. The van der Waals surface area contributed by atoms with Crippen LogP contribution < -0.4 is 23.5 Å². The Morgan fingerprint density at radius 3 is 1.03 bits per heavy atom. The zero-order valence-corrected chi connectivity index (χ0v) is 53.9. The second-order valence-corrected chi connectivity index (χ2v) is 22.7. The third kappa shape index (κ3) is 14.5. The summed E-state index contributed by atoms with van der Waals surface area (Å²) < 4.78 is 6.63. The smallest absolute Gasteiger partial charge is 0.239 e. The highest BCUT2D eigenvalue weighted by Crippen LogP contribution is 2.32. The van der Waals surface area contributed by atoms with E-state index in [0.29, 0.717) is 24.5 Å². The highest BCUT2D eigenvalue weighted by atomic mass is 16.3. The number of benzene rings is 12. The molecule has 0 spiro atoms. The van der Waals surface area contributed by atoms with E-state index in [2.05, 4.69) is 130 Å². The van der Waals surface area contributed by atoms with Crippen LogP contribution in [0.4, 0.5) is 45.5 Å². The lowest BCUT2D eigenvalue weighted by atomic mass is 10.1. The van der Waals surface area contributed by atoms with Crippen LogP contribution in [-0.4, -0.2) is 74.8 Å². The van der Waals surface area contributed by atoms with Gasteiger partial charge in [0, 0.05) is 105 Å². The van der Waals surface area contributed by atoms with E-state index in [1.807, 2.05) is 175 Å². The number of aliphatic hydroxyl groups is 2. The second kappa shape index (κ2) is 30.2. The van der Waals surface area contributed by atoms with E-state index < -0.39 is 0 Å². The van der Waals surface area contributed by atoms with Crippen LogP contribution in [0.3, 0.4) is 0 Å². The van der Waals surface area contributed by atoms with Gasteiger partial charge in [-0.05, 0) is 141 Å². The third-order valence-corrected chi connectivity index (χ3v) is 16.4. The van der Waals surface area contributed by atoms with E-state index in [1.54, 1.807) is 48.5 Å². The number of aromatic hydroxyl groups is 2. The molecular weight excluding hydrogens is 1220 g/mol. The Morgan fingerprint density at radius 2 is 0.633 bits per heavy atom. The Morgan fingerprint density at radius 1 is 0.306 bits per heavy atom. The number of azo groups is 3. The van der Waals surface area contributed by atoms with Crippen molar-refractivity contribution in [3.8, 4) is 28.6 Å². The monoisotopic (exact) mass is 1290 g/mol. The zero-order chi connectivity index (χ0) is 67.2. The standard InChI is InChI=1S/C28H26N5O2.C28H25N5O.C24H16N4O/c34-18-16-32(17-19-35)23-13-10-21(11-14-23)30-31-22-12-15-26-28(20-22)33(24-6-2-1-3-7-24)27-9-5-4-8-25(27)29-26;1-3-32(4-2)25-11-8-12-26-28(25)29-24-18-15-21(31-30-20-13-16-23(34)17-14-20)19-27(24)33(26)22-9-6-5-7-10-22;29-20-13-10-17(11-14-20)26-27-18-12-15-22-24(16-18)28(19-6-2-1-3-7-19)23-9-5-4-8-21(23)25-22/h1-15,20,34-35H,16-19H2;5-19H,3-4H2,1-2H3;1-16H/q+1;;/p+2. The molecule has 0 saturated heterocycles. The van der Waals surface area contributed by atoms with E-state index in [-0.39, 0.29) is 24.7 Å². The van der Waals surface area contributed by atoms with Crippen LogP contribution >= 0.6 is 0 Å². The van der Waals surface area contributed by atoms with Crippen LogP contribution in [0.5, 0.6) is 11.5 Å². The average molecular weight is 1290 g/mol. The van der Waals surface area contributed by atoms with Gasteiger partial charge in [0.05, 0.1) is 53.0 Å². The summed E-state index contributed by atoms with van der Waals surface area (Å²) in [7, 11) is 0. The van der Waals surface area contributed by atoms with Crippen molar-refractivity contribution in [2.45, 2.75) is 13.8 Å². The van der Waals surface area contributed by atoms with Gasteiger partial charge in [0.25, 0.3) is 0 Å². The van der Waals surface area contributed by atoms with Crippen LogP contribution in [0.2, 0.25) is 0 Å². The van der Waals surface area contributed by atoms with Gasteiger partial charge in [-0.2, -0.15) is 30.7 Å². The van der Waals surface area contributed by atoms with E-state index in [1.165, 1.54) is 0 Å². The summed E-state index contributed by atoms with van der Waals surface area (Å²) in [6.07, 6.45) is 0. The number of hydrogen-bond donors (Lipinski definition) is 4. The molecule has 98 heavy (non-hydrogen) atoms. The van der Waals surface area contributed by atoms with Crippen LogP contribution in [0.25, 0.3) is 83.3 Å². The molecule has 0 aliphatic rings. The Balaban J connectivity index is 0.000000133. The molecule has 15 aromatic rings. The molecule has 15 rings (SSSR count). The molecule has 4 N–H and O–H groups in total. The van der Waals surface area contributed by atoms with Crippen molar-refractivity contribution in [2.75, 3.05) is 49.2 Å². The van der Waals surface area contributed by atoms with Gasteiger partial charge in [0.2, 0.25) is 50.2 Å². The van der Waals surface area contributed by atoms with Crippen LogP contribution in [0.15, 0.2) is 316 Å². The molecule has 12 aromatic carbocycles. The number of fused-ring (bicyclic) bond motifs is 6. The Hall–Kier alpha value is -12.6. The van der Waals surface area contributed by atoms with Crippen molar-refractivity contribution in [3.63, 3.8) is 0 Å². The SMILES string of the molecule is CCN(CC)c1cccc2c1nc1ccc(N=Nc3ccc(O)cc3)cc1[n+]2-c1ccccc1.OCCN(CCO)c1ccc(N=Nc2ccc3nc4ccccc4[n+](-c4ccccc4)c3c2)cc1.Oc1ccc(N=Nc2ccc3nc4ccccc4[n+](-c4ccccc4)c3c2)cc1. The van der Waals surface area contributed by atoms with Crippen molar-refractivity contribution in [2.24, 2.45) is 30.7 Å². The van der Waals surface area contributed by atoms with Gasteiger partial charge < -0.3 is 30.2 Å². The third-order valence-electron chi connectivity index (χ3n) is 16.4. The largest absolute Gasteiger partial charge is 0.508 e. The maximum absolute atomic E-state index is 9.49. The highest BCUT2D eigenvalue weighted by molar-refractivity contribution is 5.92. The average Bonchev–Trinajstić information content (AvgIpc) is 0.760. The lowest BCUT2D eigenvalue weighted by molar-refractivity contribution is -0.538. The Labute approximate surface area is 565 Å². The number of rotatable bonds is 17. The minimum Gasteiger partial charge on any atom is -0.508 e. The molecule has 0 aliphatic carbocycles. The summed E-state index contributed by atoms with van der Waals surface area (Å²) in [6, 6.07) is 91.9. The van der Waals surface area contributed by atoms with Crippen LogP contribution in [0.1, 0.15) is 13.8 Å². The van der Waals surface area contributed by atoms with Crippen molar-refractivity contribution >= 4 is 112 Å². The van der Waals surface area contributed by atoms with E-state index in [0.717, 1.165) is 130 Å². The number of hydrogen-bond acceptors (Lipinski definition) is 15. The van der Waals surface area contributed by atoms with Gasteiger partial charge in [-0.3, -0.25) is 0 Å². The van der Waals surface area contributed by atoms with Gasteiger partial charge in [0.1, 0.15) is 39.1 Å². The highest BCUT2D eigenvalue weighted by Gasteiger charge is 2.25. The van der Waals surface area contributed by atoms with Gasteiger partial charge in [-0.1, -0.05) is 84.9 Å². The summed E-state index contributed by atoms with van der Waals surface area (Å²) >= 11 is 0. The Kier molecular flexibility index (Phi) is 19.7. The zero-order valence-electron chi connectivity index (χ0n) is 53.9. The molecule has 18 heteroatoms. The molecule has 3 aromatic heterocycles. The van der Waals surface area contributed by atoms with Gasteiger partial charge in [0.15, 0.2) is 5.52 Å². The molecule has 0 saturated carbocycles. The van der Waals surface area contributed by atoms with Gasteiger partial charge >= 0.3 is 0 Å². The minimum atomic E-state index is 0.0244. The van der Waals surface area contributed by atoms with E-state index in [9.17, 15) is 20.4 Å². The van der Waals surface area contributed by atoms with Crippen LogP contribution in [0, 0.1) is 0 Å². The first-order valence-corrected chi connectivity index (χ1v) is 32.3. The Bertz CT molecular complexity index is 5350. The maximum Gasteiger partial charge on any atom is 0.239 e. The molecule has 0 atom stereocenters. The fraction of sp³-hybridized carbons (Fsp3) is 0.100. The molecule has 0 unspecified atom stereocenters. The molecule has 18 nitrogen and oxygen atoms in total.